The van der Waals surface area contributed by atoms with E-state index in [0.717, 1.165) is 4.47 Å². The van der Waals surface area contributed by atoms with Crippen LogP contribution in [0, 0.1) is 5.92 Å². The van der Waals surface area contributed by atoms with Crippen LogP contribution in [0.2, 0.25) is 0 Å². The first kappa shape index (κ1) is 14.4. The highest BCUT2D eigenvalue weighted by atomic mass is 79.9. The predicted octanol–water partition coefficient (Wildman–Crippen LogP) is 4.43. The van der Waals surface area contributed by atoms with E-state index in [0.29, 0.717) is 24.1 Å². The molecule has 2 rings (SSSR count). The van der Waals surface area contributed by atoms with Crippen molar-refractivity contribution < 1.29 is 13.6 Å². The molecule has 0 amide bonds. The zero-order chi connectivity index (χ0) is 14.0. The van der Waals surface area contributed by atoms with E-state index < -0.39 is 5.92 Å². The first-order chi connectivity index (χ1) is 8.87. The minimum atomic E-state index is -2.62. The van der Waals surface area contributed by atoms with Gasteiger partial charge in [-0.05, 0) is 37.0 Å². The topological polar surface area (TPSA) is 43.1 Å². The van der Waals surface area contributed by atoms with Crippen molar-refractivity contribution in [3.63, 3.8) is 0 Å². The molecule has 0 heterocycles. The smallest absolute Gasteiger partial charge is 0.248 e. The Labute approximate surface area is 119 Å². The summed E-state index contributed by atoms with van der Waals surface area (Å²) in [5.41, 5.74) is 6.58. The summed E-state index contributed by atoms with van der Waals surface area (Å²) >= 11 is 3.28. The number of nitrogen functional groups attached to an aromatic ring is 1. The summed E-state index contributed by atoms with van der Waals surface area (Å²) in [4.78, 5) is 12.2. The average molecular weight is 332 g/mol. The molecule has 1 aliphatic carbocycles. The van der Waals surface area contributed by atoms with Gasteiger partial charge in [0.05, 0.1) is 0 Å². The van der Waals surface area contributed by atoms with Crippen molar-refractivity contribution in [1.29, 1.82) is 0 Å². The number of Topliss-reactive ketones (excluding diaryl/α,β-unsaturated/α-hetero) is 1. The molecule has 1 saturated carbocycles. The van der Waals surface area contributed by atoms with Crippen LogP contribution in [0.5, 0.6) is 0 Å². The van der Waals surface area contributed by atoms with Crippen LogP contribution in [0.1, 0.15) is 42.5 Å². The number of rotatable bonds is 3. The van der Waals surface area contributed by atoms with Crippen molar-refractivity contribution in [1.82, 2.24) is 0 Å². The normalized spacial score (nSPS) is 22.2. The van der Waals surface area contributed by atoms with Gasteiger partial charge in [-0.25, -0.2) is 8.78 Å². The first-order valence-corrected chi connectivity index (χ1v) is 7.13. The van der Waals surface area contributed by atoms with Gasteiger partial charge in [0.25, 0.3) is 0 Å². The van der Waals surface area contributed by atoms with E-state index in [4.69, 9.17) is 5.73 Å². The molecule has 104 valence electrons. The number of carbonyl (C=O) groups is 1. The number of carbonyl (C=O) groups excluding carboxylic acids is 1. The molecule has 1 fully saturated rings. The molecule has 5 heteroatoms. The molecular weight excluding hydrogens is 316 g/mol. The highest BCUT2D eigenvalue weighted by Gasteiger charge is 2.36. The molecule has 0 saturated heterocycles. The highest BCUT2D eigenvalue weighted by molar-refractivity contribution is 9.10. The Bertz CT molecular complexity index is 490. The van der Waals surface area contributed by atoms with Crippen LogP contribution in [-0.4, -0.2) is 11.7 Å². The highest BCUT2D eigenvalue weighted by Crippen LogP contribution is 2.38. The Hall–Kier alpha value is -0.970. The SMILES string of the molecule is Nc1ccc(Br)cc1C(=O)CC1CCCC(F)(F)C1. The fraction of sp³-hybridized carbons (Fsp3) is 0.500. The first-order valence-electron chi connectivity index (χ1n) is 6.33. The minimum absolute atomic E-state index is 0.0588. The number of ketones is 1. The van der Waals surface area contributed by atoms with E-state index in [9.17, 15) is 13.6 Å². The van der Waals surface area contributed by atoms with Gasteiger partial charge in [-0.1, -0.05) is 15.9 Å². The van der Waals surface area contributed by atoms with Gasteiger partial charge in [0, 0.05) is 35.0 Å². The Kier molecular flexibility index (Phi) is 4.23. The van der Waals surface area contributed by atoms with Crippen LogP contribution in [-0.2, 0) is 0 Å². The summed E-state index contributed by atoms with van der Waals surface area (Å²) in [6.07, 6.45) is 1.08. The summed E-state index contributed by atoms with van der Waals surface area (Å²) in [5, 5.41) is 0. The van der Waals surface area contributed by atoms with Crippen molar-refractivity contribution in [3.05, 3.63) is 28.2 Å². The van der Waals surface area contributed by atoms with Crippen molar-refractivity contribution in [2.45, 2.75) is 38.0 Å². The number of alkyl halides is 2. The zero-order valence-corrected chi connectivity index (χ0v) is 12.1. The monoisotopic (exact) mass is 331 g/mol. The fourth-order valence-corrected chi connectivity index (χ4v) is 2.95. The summed E-state index contributed by atoms with van der Waals surface area (Å²) in [6.45, 7) is 0. The molecule has 1 aromatic carbocycles. The molecule has 0 aliphatic heterocycles. The van der Waals surface area contributed by atoms with E-state index in [1.165, 1.54) is 0 Å². The predicted molar refractivity (Wildman–Crippen MR) is 74.4 cm³/mol. The Morgan fingerprint density at radius 3 is 2.89 bits per heavy atom. The number of hydrogen-bond donors (Lipinski definition) is 1. The lowest BCUT2D eigenvalue weighted by Gasteiger charge is -2.28. The number of anilines is 1. The molecule has 0 bridgehead atoms. The van der Waals surface area contributed by atoms with E-state index in [2.05, 4.69) is 15.9 Å². The molecule has 0 radical (unpaired) electrons. The second-order valence-corrected chi connectivity index (χ2v) is 6.09. The zero-order valence-electron chi connectivity index (χ0n) is 10.5. The molecule has 2 nitrogen and oxygen atoms in total. The van der Waals surface area contributed by atoms with Crippen LogP contribution in [0.3, 0.4) is 0 Å². The van der Waals surface area contributed by atoms with Crippen molar-refractivity contribution in [3.8, 4) is 0 Å². The van der Waals surface area contributed by atoms with Crippen molar-refractivity contribution >= 4 is 27.4 Å². The quantitative estimate of drug-likeness (QED) is 0.657. The van der Waals surface area contributed by atoms with E-state index in [-0.39, 0.29) is 31.0 Å². The summed E-state index contributed by atoms with van der Waals surface area (Å²) < 4.78 is 27.4. The second-order valence-electron chi connectivity index (χ2n) is 5.18. The summed E-state index contributed by atoms with van der Waals surface area (Å²) in [7, 11) is 0. The molecule has 2 N–H and O–H groups in total. The van der Waals surface area contributed by atoms with Crippen molar-refractivity contribution in [2.75, 3.05) is 5.73 Å². The maximum atomic E-state index is 13.3. The fourth-order valence-electron chi connectivity index (χ4n) is 2.59. The number of benzene rings is 1. The Balaban J connectivity index is 2.06. The molecule has 1 aromatic rings. The van der Waals surface area contributed by atoms with E-state index >= 15 is 0 Å². The van der Waals surface area contributed by atoms with Gasteiger partial charge in [0.1, 0.15) is 0 Å². The maximum absolute atomic E-state index is 13.3. The molecule has 0 aromatic heterocycles. The molecule has 1 atom stereocenters. The van der Waals surface area contributed by atoms with Crippen LogP contribution >= 0.6 is 15.9 Å². The minimum Gasteiger partial charge on any atom is -0.398 e. The lowest BCUT2D eigenvalue weighted by Crippen LogP contribution is -2.27. The Morgan fingerprint density at radius 2 is 2.21 bits per heavy atom. The van der Waals surface area contributed by atoms with Gasteiger partial charge >= 0.3 is 0 Å². The van der Waals surface area contributed by atoms with Crippen LogP contribution in [0.4, 0.5) is 14.5 Å². The average Bonchev–Trinajstić information content (AvgIpc) is 2.31. The van der Waals surface area contributed by atoms with Crippen LogP contribution in [0.25, 0.3) is 0 Å². The van der Waals surface area contributed by atoms with Gasteiger partial charge in [-0.3, -0.25) is 4.79 Å². The van der Waals surface area contributed by atoms with Gasteiger partial charge in [0.2, 0.25) is 5.92 Å². The third-order valence-corrected chi connectivity index (χ3v) is 4.03. The maximum Gasteiger partial charge on any atom is 0.248 e. The summed E-state index contributed by atoms with van der Waals surface area (Å²) in [5.74, 6) is -3.01. The van der Waals surface area contributed by atoms with Crippen LogP contribution < -0.4 is 5.73 Å². The number of halogens is 3. The lowest BCUT2D eigenvalue weighted by molar-refractivity contribution is -0.0521. The third-order valence-electron chi connectivity index (χ3n) is 3.53. The largest absolute Gasteiger partial charge is 0.398 e. The van der Waals surface area contributed by atoms with Gasteiger partial charge in [0.15, 0.2) is 5.78 Å². The van der Waals surface area contributed by atoms with E-state index in [1.54, 1.807) is 18.2 Å². The van der Waals surface area contributed by atoms with Crippen LogP contribution in [0.15, 0.2) is 22.7 Å². The number of nitrogens with two attached hydrogens (primary N) is 1. The standard InChI is InChI=1S/C14H16BrF2NO/c15-10-3-4-12(18)11(7-10)13(19)6-9-2-1-5-14(16,17)8-9/h3-4,7,9H,1-2,5-6,8,18H2. The molecule has 0 spiro atoms. The van der Waals surface area contributed by atoms with Crippen molar-refractivity contribution in [2.24, 2.45) is 5.92 Å². The van der Waals surface area contributed by atoms with Gasteiger partial charge in [-0.15, -0.1) is 0 Å². The van der Waals surface area contributed by atoms with Gasteiger partial charge in [-0.2, -0.15) is 0 Å². The van der Waals surface area contributed by atoms with E-state index in [1.807, 2.05) is 0 Å². The third kappa shape index (κ3) is 3.75. The second kappa shape index (κ2) is 5.57. The van der Waals surface area contributed by atoms with Gasteiger partial charge < -0.3 is 5.73 Å². The molecular formula is C14H16BrF2NO. The molecule has 19 heavy (non-hydrogen) atoms. The summed E-state index contributed by atoms with van der Waals surface area (Å²) in [6, 6.07) is 5.05. The molecule has 1 aliphatic rings. The lowest BCUT2D eigenvalue weighted by atomic mass is 9.82. The number of hydrogen-bond acceptors (Lipinski definition) is 2. The molecule has 1 unspecified atom stereocenters. The Morgan fingerprint density at radius 1 is 1.47 bits per heavy atom.